The molecule has 1 atom stereocenters. The van der Waals surface area contributed by atoms with Crippen LogP contribution in [0.5, 0.6) is 0 Å². The molecule has 0 radical (unpaired) electrons. The number of nitrogens with zero attached hydrogens (tertiary/aromatic N) is 1. The van der Waals surface area contributed by atoms with E-state index in [2.05, 4.69) is 15.9 Å². The van der Waals surface area contributed by atoms with Gasteiger partial charge in [-0.2, -0.15) is 16.1 Å². The van der Waals surface area contributed by atoms with Crippen molar-refractivity contribution in [1.82, 2.24) is 4.31 Å². The Labute approximate surface area is 137 Å². The number of benzene rings is 1. The summed E-state index contributed by atoms with van der Waals surface area (Å²) in [4.78, 5) is 0.0944. The second kappa shape index (κ2) is 7.41. The van der Waals surface area contributed by atoms with Gasteiger partial charge in [-0.1, -0.05) is 0 Å². The van der Waals surface area contributed by atoms with E-state index in [1.54, 1.807) is 18.9 Å². The van der Waals surface area contributed by atoms with Crippen molar-refractivity contribution < 1.29 is 17.5 Å². The van der Waals surface area contributed by atoms with Crippen molar-refractivity contribution >= 4 is 37.7 Å². The number of ether oxygens (including phenoxy) is 1. The Balaban J connectivity index is 2.35. The fourth-order valence-electron chi connectivity index (χ4n) is 2.24. The van der Waals surface area contributed by atoms with E-state index < -0.39 is 15.8 Å². The maximum Gasteiger partial charge on any atom is 0.244 e. The van der Waals surface area contributed by atoms with E-state index >= 15 is 0 Å². The van der Waals surface area contributed by atoms with Crippen LogP contribution in [-0.4, -0.2) is 50.5 Å². The van der Waals surface area contributed by atoms with Gasteiger partial charge in [-0.15, -0.1) is 0 Å². The maximum absolute atomic E-state index is 13.2. The van der Waals surface area contributed by atoms with Crippen LogP contribution in [0.25, 0.3) is 0 Å². The summed E-state index contributed by atoms with van der Waals surface area (Å²) in [6.45, 7) is 0.632. The van der Waals surface area contributed by atoms with Gasteiger partial charge in [0, 0.05) is 29.9 Å². The first kappa shape index (κ1) is 17.2. The molecule has 1 heterocycles. The normalized spacial score (nSPS) is 19.3. The Morgan fingerprint density at radius 2 is 2.29 bits per heavy atom. The standard InChI is InChI=1S/C13H17BrFNO3S2/c1-19-6-5-16(11-4-7-20-9-11)21(17,18)13-3-2-10(15)8-12(13)14/h2-3,8,11H,4-7,9H2,1H3. The maximum atomic E-state index is 13.2. The molecule has 8 heteroatoms. The van der Waals surface area contributed by atoms with E-state index in [-0.39, 0.29) is 15.4 Å². The van der Waals surface area contributed by atoms with E-state index in [1.165, 1.54) is 16.4 Å². The van der Waals surface area contributed by atoms with Crippen LogP contribution in [0, 0.1) is 5.82 Å². The van der Waals surface area contributed by atoms with Crippen molar-refractivity contribution in [2.45, 2.75) is 17.4 Å². The highest BCUT2D eigenvalue weighted by Crippen LogP contribution is 2.31. The molecule has 1 unspecified atom stereocenters. The summed E-state index contributed by atoms with van der Waals surface area (Å²) in [6.07, 6.45) is 0.826. The van der Waals surface area contributed by atoms with Crippen LogP contribution in [0.3, 0.4) is 0 Å². The number of thioether (sulfide) groups is 1. The van der Waals surface area contributed by atoms with E-state index in [4.69, 9.17) is 4.74 Å². The summed E-state index contributed by atoms with van der Waals surface area (Å²) in [5, 5.41) is 0. The molecule has 0 spiro atoms. The minimum atomic E-state index is -3.68. The van der Waals surface area contributed by atoms with Crippen molar-refractivity contribution in [2.24, 2.45) is 0 Å². The van der Waals surface area contributed by atoms with Crippen molar-refractivity contribution in [3.05, 3.63) is 28.5 Å². The van der Waals surface area contributed by atoms with Crippen LogP contribution < -0.4 is 0 Å². The van der Waals surface area contributed by atoms with Crippen molar-refractivity contribution in [3.8, 4) is 0 Å². The fourth-order valence-corrected chi connectivity index (χ4v) is 6.21. The van der Waals surface area contributed by atoms with Gasteiger partial charge < -0.3 is 4.74 Å². The molecule has 1 aliphatic rings. The van der Waals surface area contributed by atoms with Gasteiger partial charge in [-0.3, -0.25) is 0 Å². The molecule has 0 saturated carbocycles. The van der Waals surface area contributed by atoms with Crippen molar-refractivity contribution in [3.63, 3.8) is 0 Å². The largest absolute Gasteiger partial charge is 0.383 e. The van der Waals surface area contributed by atoms with E-state index in [0.717, 1.165) is 24.0 Å². The Morgan fingerprint density at radius 1 is 1.52 bits per heavy atom. The van der Waals surface area contributed by atoms with Crippen LogP contribution in [0.4, 0.5) is 4.39 Å². The number of sulfonamides is 1. The first-order valence-corrected chi connectivity index (χ1v) is 9.89. The van der Waals surface area contributed by atoms with E-state index in [9.17, 15) is 12.8 Å². The zero-order chi connectivity index (χ0) is 15.5. The monoisotopic (exact) mass is 397 g/mol. The number of hydrogen-bond donors (Lipinski definition) is 0. The summed E-state index contributed by atoms with van der Waals surface area (Å²) in [5.74, 6) is 1.26. The van der Waals surface area contributed by atoms with E-state index in [1.807, 2.05) is 0 Å². The molecule has 118 valence electrons. The number of rotatable bonds is 6. The average molecular weight is 398 g/mol. The molecule has 0 aromatic heterocycles. The fraction of sp³-hybridized carbons (Fsp3) is 0.538. The summed E-state index contributed by atoms with van der Waals surface area (Å²) in [7, 11) is -2.13. The molecule has 0 bridgehead atoms. The molecule has 0 aliphatic carbocycles. The third kappa shape index (κ3) is 3.98. The molecule has 1 saturated heterocycles. The van der Waals surface area contributed by atoms with Gasteiger partial charge in [0.05, 0.1) is 11.5 Å². The van der Waals surface area contributed by atoms with Crippen molar-refractivity contribution in [2.75, 3.05) is 31.8 Å². The molecule has 1 fully saturated rings. The zero-order valence-corrected chi connectivity index (χ0v) is 14.8. The molecular formula is C13H17BrFNO3S2. The lowest BCUT2D eigenvalue weighted by Gasteiger charge is -2.27. The zero-order valence-electron chi connectivity index (χ0n) is 11.6. The highest BCUT2D eigenvalue weighted by Gasteiger charge is 2.34. The Morgan fingerprint density at radius 3 is 2.86 bits per heavy atom. The molecule has 1 aliphatic heterocycles. The quantitative estimate of drug-likeness (QED) is 0.740. The minimum Gasteiger partial charge on any atom is -0.383 e. The summed E-state index contributed by atoms with van der Waals surface area (Å²) in [6, 6.07) is 3.60. The molecule has 1 aromatic rings. The molecule has 2 rings (SSSR count). The number of hydrogen-bond acceptors (Lipinski definition) is 4. The van der Waals surface area contributed by atoms with Gasteiger partial charge in [0.1, 0.15) is 5.82 Å². The second-order valence-electron chi connectivity index (χ2n) is 4.70. The molecule has 1 aromatic carbocycles. The molecule has 21 heavy (non-hydrogen) atoms. The molecule has 0 N–H and O–H groups in total. The van der Waals surface area contributed by atoms with Gasteiger partial charge >= 0.3 is 0 Å². The lowest BCUT2D eigenvalue weighted by Crippen LogP contribution is -2.42. The highest BCUT2D eigenvalue weighted by atomic mass is 79.9. The Hall–Kier alpha value is -0.150. The van der Waals surface area contributed by atoms with Crippen LogP contribution >= 0.6 is 27.7 Å². The summed E-state index contributed by atoms with van der Waals surface area (Å²) < 4.78 is 45.7. The van der Waals surface area contributed by atoms with Gasteiger partial charge in [0.15, 0.2) is 0 Å². The number of halogens is 2. The van der Waals surface area contributed by atoms with Gasteiger partial charge in [-0.05, 0) is 46.3 Å². The highest BCUT2D eigenvalue weighted by molar-refractivity contribution is 9.10. The Kier molecular flexibility index (Phi) is 6.07. The van der Waals surface area contributed by atoms with E-state index in [0.29, 0.717) is 13.2 Å². The second-order valence-corrected chi connectivity index (χ2v) is 8.56. The SMILES string of the molecule is COCCN(C1CCSC1)S(=O)(=O)c1ccc(F)cc1Br. The average Bonchev–Trinajstić information content (AvgIpc) is 2.92. The third-order valence-electron chi connectivity index (χ3n) is 3.31. The summed E-state index contributed by atoms with van der Waals surface area (Å²) >= 11 is 4.89. The van der Waals surface area contributed by atoms with Gasteiger partial charge in [0.2, 0.25) is 10.0 Å². The Bertz CT molecular complexity index is 591. The number of methoxy groups -OCH3 is 1. The van der Waals surface area contributed by atoms with Crippen LogP contribution in [-0.2, 0) is 14.8 Å². The molecule has 4 nitrogen and oxygen atoms in total. The third-order valence-corrected chi connectivity index (χ3v) is 7.38. The topological polar surface area (TPSA) is 46.6 Å². The van der Waals surface area contributed by atoms with Crippen LogP contribution in [0.15, 0.2) is 27.6 Å². The molecule has 0 amide bonds. The predicted octanol–water partition coefficient (Wildman–Crippen LogP) is 2.73. The lowest BCUT2D eigenvalue weighted by atomic mass is 10.3. The molecular weight excluding hydrogens is 381 g/mol. The predicted molar refractivity (Wildman–Crippen MR) is 85.6 cm³/mol. The lowest BCUT2D eigenvalue weighted by molar-refractivity contribution is 0.169. The van der Waals surface area contributed by atoms with Crippen LogP contribution in [0.1, 0.15) is 6.42 Å². The van der Waals surface area contributed by atoms with Crippen LogP contribution in [0.2, 0.25) is 0 Å². The first-order valence-electron chi connectivity index (χ1n) is 6.50. The first-order chi connectivity index (χ1) is 9.96. The van der Waals surface area contributed by atoms with Gasteiger partial charge in [-0.25, -0.2) is 12.8 Å². The van der Waals surface area contributed by atoms with Gasteiger partial charge in [0.25, 0.3) is 0 Å². The minimum absolute atomic E-state index is 0.0351. The smallest absolute Gasteiger partial charge is 0.244 e. The summed E-state index contributed by atoms with van der Waals surface area (Å²) in [5.41, 5.74) is 0. The van der Waals surface area contributed by atoms with Crippen molar-refractivity contribution in [1.29, 1.82) is 0 Å².